The van der Waals surface area contributed by atoms with Crippen molar-refractivity contribution in [3.63, 3.8) is 0 Å². The van der Waals surface area contributed by atoms with E-state index in [1.54, 1.807) is 0 Å². The predicted molar refractivity (Wildman–Crippen MR) is 120 cm³/mol. The van der Waals surface area contributed by atoms with E-state index in [0.717, 1.165) is 36.9 Å². The molecule has 6 nitrogen and oxygen atoms in total. The number of aromatic nitrogens is 2. The molecule has 2 aromatic carbocycles. The van der Waals surface area contributed by atoms with E-state index in [4.69, 9.17) is 0 Å². The van der Waals surface area contributed by atoms with E-state index < -0.39 is 6.10 Å². The lowest BCUT2D eigenvalue weighted by Gasteiger charge is -2.37. The van der Waals surface area contributed by atoms with Gasteiger partial charge in [-0.05, 0) is 30.5 Å². The molecular weight excluding hydrogens is 382 g/mol. The highest BCUT2D eigenvalue weighted by Gasteiger charge is 2.22. The summed E-state index contributed by atoms with van der Waals surface area (Å²) in [6.07, 6.45) is -0.580. The van der Waals surface area contributed by atoms with E-state index >= 15 is 0 Å². The number of anilines is 3. The van der Waals surface area contributed by atoms with Crippen LogP contribution < -0.4 is 15.1 Å². The number of aliphatic hydroxyl groups is 1. The second-order valence-electron chi connectivity index (χ2n) is 7.42. The molecule has 0 saturated carbocycles. The molecule has 0 bridgehead atoms. The number of rotatable bonds is 6. The molecule has 1 unspecified atom stereocenters. The molecule has 1 aliphatic rings. The lowest BCUT2D eigenvalue weighted by molar-refractivity contribution is 0.191. The number of nitrogens with one attached hydrogen (secondary N) is 1. The van der Waals surface area contributed by atoms with Crippen LogP contribution in [0.15, 0.2) is 48.5 Å². The Labute approximate surface area is 176 Å². The number of aliphatic hydroxyl groups excluding tert-OH is 1. The lowest BCUT2D eigenvalue weighted by atomic mass is 10.1. The third-order valence-corrected chi connectivity index (χ3v) is 6.14. The van der Waals surface area contributed by atoms with Crippen molar-refractivity contribution in [2.75, 3.05) is 47.8 Å². The third-order valence-electron chi connectivity index (χ3n) is 5.36. The van der Waals surface area contributed by atoms with Crippen LogP contribution in [0.5, 0.6) is 0 Å². The zero-order chi connectivity index (χ0) is 20.2. The Morgan fingerprint density at radius 1 is 0.966 bits per heavy atom. The maximum atomic E-state index is 10.3. The Morgan fingerprint density at radius 2 is 1.62 bits per heavy atom. The Bertz CT molecular complexity index is 917. The molecule has 29 heavy (non-hydrogen) atoms. The quantitative estimate of drug-likeness (QED) is 0.648. The number of piperazine rings is 1. The molecule has 2 N–H and O–H groups in total. The SMILES string of the molecule is Cc1cccc(C)c1N1CCN(c2nc(NCC(O)c3ccccc3)ns2)CC1. The number of hydrogen-bond donors (Lipinski definition) is 2. The van der Waals surface area contributed by atoms with Gasteiger partial charge in [0.1, 0.15) is 0 Å². The zero-order valence-corrected chi connectivity index (χ0v) is 17.7. The fourth-order valence-electron chi connectivity index (χ4n) is 3.82. The van der Waals surface area contributed by atoms with Crippen LogP contribution in [0.4, 0.5) is 16.8 Å². The Kier molecular flexibility index (Phi) is 5.97. The molecule has 0 radical (unpaired) electrons. The van der Waals surface area contributed by atoms with E-state index in [0.29, 0.717) is 12.5 Å². The van der Waals surface area contributed by atoms with Crippen LogP contribution in [0.1, 0.15) is 22.8 Å². The van der Waals surface area contributed by atoms with Gasteiger partial charge in [-0.15, -0.1) is 0 Å². The molecule has 7 heteroatoms. The Hall–Kier alpha value is -2.64. The summed E-state index contributed by atoms with van der Waals surface area (Å²) in [5.74, 6) is 0.581. The number of benzene rings is 2. The van der Waals surface area contributed by atoms with Gasteiger partial charge in [-0.25, -0.2) is 0 Å². The summed E-state index contributed by atoms with van der Waals surface area (Å²) < 4.78 is 4.42. The topological polar surface area (TPSA) is 64.5 Å². The van der Waals surface area contributed by atoms with Crippen LogP contribution in [0.3, 0.4) is 0 Å². The van der Waals surface area contributed by atoms with Crippen LogP contribution in [0.25, 0.3) is 0 Å². The standard InChI is InChI=1S/C22H27N5OS/c1-16-7-6-8-17(2)20(16)26-11-13-27(14-12-26)22-24-21(25-29-22)23-15-19(28)18-9-4-3-5-10-18/h3-10,19,28H,11-15H2,1-2H3,(H,23,25). The maximum absolute atomic E-state index is 10.3. The highest BCUT2D eigenvalue weighted by molar-refractivity contribution is 7.09. The molecule has 1 saturated heterocycles. The van der Waals surface area contributed by atoms with E-state index in [9.17, 15) is 5.11 Å². The van der Waals surface area contributed by atoms with Crippen LogP contribution >= 0.6 is 11.5 Å². The minimum atomic E-state index is -0.580. The van der Waals surface area contributed by atoms with Gasteiger partial charge in [0.15, 0.2) is 0 Å². The first-order valence-electron chi connectivity index (χ1n) is 9.98. The monoisotopic (exact) mass is 409 g/mol. The first kappa shape index (κ1) is 19.7. The van der Waals surface area contributed by atoms with Crippen molar-refractivity contribution in [2.45, 2.75) is 20.0 Å². The van der Waals surface area contributed by atoms with Gasteiger partial charge < -0.3 is 20.2 Å². The van der Waals surface area contributed by atoms with Crippen molar-refractivity contribution < 1.29 is 5.11 Å². The summed E-state index contributed by atoms with van der Waals surface area (Å²) >= 11 is 1.41. The van der Waals surface area contributed by atoms with Crippen molar-refractivity contribution >= 4 is 28.3 Å². The summed E-state index contributed by atoms with van der Waals surface area (Å²) in [4.78, 5) is 9.39. The van der Waals surface area contributed by atoms with Crippen molar-refractivity contribution in [3.8, 4) is 0 Å². The van der Waals surface area contributed by atoms with Crippen molar-refractivity contribution in [2.24, 2.45) is 0 Å². The normalized spacial score (nSPS) is 15.4. The molecule has 3 aromatic rings. The minimum absolute atomic E-state index is 0.389. The number of nitrogens with zero attached hydrogens (tertiary/aromatic N) is 4. The molecule has 1 aliphatic heterocycles. The Balaban J connectivity index is 1.32. The van der Waals surface area contributed by atoms with Crippen LogP contribution in [-0.2, 0) is 0 Å². The first-order chi connectivity index (χ1) is 14.1. The number of hydrogen-bond acceptors (Lipinski definition) is 7. The second-order valence-corrected chi connectivity index (χ2v) is 8.15. The third kappa shape index (κ3) is 4.52. The molecular formula is C22H27N5OS. The Morgan fingerprint density at radius 3 is 2.31 bits per heavy atom. The average molecular weight is 410 g/mol. The fraction of sp³-hybridized carbons (Fsp3) is 0.364. The largest absolute Gasteiger partial charge is 0.387 e. The van der Waals surface area contributed by atoms with Gasteiger partial charge >= 0.3 is 0 Å². The second kappa shape index (κ2) is 8.80. The van der Waals surface area contributed by atoms with Gasteiger partial charge in [0.25, 0.3) is 0 Å². The molecule has 0 aliphatic carbocycles. The summed E-state index contributed by atoms with van der Waals surface area (Å²) in [6.45, 7) is 8.55. The van der Waals surface area contributed by atoms with Gasteiger partial charge in [0.2, 0.25) is 11.1 Å². The summed E-state index contributed by atoms with van der Waals surface area (Å²) in [5, 5.41) is 14.4. The molecule has 1 atom stereocenters. The van der Waals surface area contributed by atoms with Gasteiger partial charge in [0.05, 0.1) is 6.10 Å². The molecule has 4 rings (SSSR count). The van der Waals surface area contributed by atoms with Gasteiger partial charge in [-0.2, -0.15) is 9.36 Å². The summed E-state index contributed by atoms with van der Waals surface area (Å²) in [5.41, 5.74) is 4.91. The van der Waals surface area contributed by atoms with Crippen LogP contribution in [-0.4, -0.2) is 47.2 Å². The predicted octanol–water partition coefficient (Wildman–Crippen LogP) is 3.63. The number of para-hydroxylation sites is 1. The van der Waals surface area contributed by atoms with Crippen molar-refractivity contribution in [1.82, 2.24) is 9.36 Å². The van der Waals surface area contributed by atoms with Gasteiger partial charge in [-0.3, -0.25) is 0 Å². The van der Waals surface area contributed by atoms with E-state index in [-0.39, 0.29) is 0 Å². The first-order valence-corrected chi connectivity index (χ1v) is 10.8. The fourth-order valence-corrected chi connectivity index (χ4v) is 4.52. The molecule has 1 aromatic heterocycles. The van der Waals surface area contributed by atoms with E-state index in [2.05, 4.69) is 56.5 Å². The molecule has 152 valence electrons. The highest BCUT2D eigenvalue weighted by Crippen LogP contribution is 2.28. The molecule has 1 fully saturated rings. The minimum Gasteiger partial charge on any atom is -0.387 e. The average Bonchev–Trinajstić information content (AvgIpc) is 3.22. The van der Waals surface area contributed by atoms with Crippen LogP contribution in [0.2, 0.25) is 0 Å². The molecule has 0 amide bonds. The smallest absolute Gasteiger partial charge is 0.236 e. The lowest BCUT2D eigenvalue weighted by Crippen LogP contribution is -2.47. The van der Waals surface area contributed by atoms with Gasteiger partial charge in [0, 0.05) is 49.9 Å². The van der Waals surface area contributed by atoms with Gasteiger partial charge in [-0.1, -0.05) is 48.5 Å². The maximum Gasteiger partial charge on any atom is 0.236 e. The van der Waals surface area contributed by atoms with E-state index in [1.807, 2.05) is 30.3 Å². The van der Waals surface area contributed by atoms with Crippen molar-refractivity contribution in [1.29, 1.82) is 0 Å². The van der Waals surface area contributed by atoms with E-state index in [1.165, 1.54) is 28.3 Å². The number of aryl methyl sites for hydroxylation is 2. The summed E-state index contributed by atoms with van der Waals surface area (Å²) in [6, 6.07) is 16.1. The summed E-state index contributed by atoms with van der Waals surface area (Å²) in [7, 11) is 0. The molecule has 2 heterocycles. The highest BCUT2D eigenvalue weighted by atomic mass is 32.1. The van der Waals surface area contributed by atoms with Crippen molar-refractivity contribution in [3.05, 3.63) is 65.2 Å². The molecule has 0 spiro atoms. The van der Waals surface area contributed by atoms with Crippen LogP contribution in [0, 0.1) is 13.8 Å². The zero-order valence-electron chi connectivity index (χ0n) is 16.9.